The molecule has 0 aliphatic carbocycles. The van der Waals surface area contributed by atoms with Gasteiger partial charge in [0.15, 0.2) is 23.1 Å². The number of hydrogen-bond donors (Lipinski definition) is 1. The monoisotopic (exact) mass is 489 g/mol. The van der Waals surface area contributed by atoms with Crippen LogP contribution < -0.4 is 14.2 Å². The molecule has 2 aromatic heterocycles. The van der Waals surface area contributed by atoms with E-state index in [0.717, 1.165) is 12.1 Å². The molecule has 0 spiro atoms. The summed E-state index contributed by atoms with van der Waals surface area (Å²) in [5, 5.41) is 12.6. The standard InChI is InChI=1S/C22H21F2N5O4S/c1-4-32-21-12-18(27-29-13(3)25-26-22(21)29)16-11-15(28-34(30,31)5-2)7-9-19(16)33-20-8-6-14(23)10-17(20)24/h6-12,28H,4-5H2,1-3H3. The van der Waals surface area contributed by atoms with E-state index in [1.54, 1.807) is 13.0 Å². The molecule has 2 aromatic carbocycles. The summed E-state index contributed by atoms with van der Waals surface area (Å²) in [6, 6.07) is 8.99. The average Bonchev–Trinajstić information content (AvgIpc) is 3.17. The van der Waals surface area contributed by atoms with Crippen LogP contribution in [0.2, 0.25) is 0 Å². The van der Waals surface area contributed by atoms with Crippen LogP contribution in [0.15, 0.2) is 42.5 Å². The molecule has 1 N–H and O–H groups in total. The van der Waals surface area contributed by atoms with Gasteiger partial charge >= 0.3 is 0 Å². The summed E-state index contributed by atoms with van der Waals surface area (Å²) >= 11 is 0. The molecule has 12 heteroatoms. The summed E-state index contributed by atoms with van der Waals surface area (Å²) < 4.78 is 67.2. The quantitative estimate of drug-likeness (QED) is 0.392. The van der Waals surface area contributed by atoms with Gasteiger partial charge in [-0.05, 0) is 51.1 Å². The number of hydrogen-bond acceptors (Lipinski definition) is 7. The Morgan fingerprint density at radius 1 is 1.00 bits per heavy atom. The smallest absolute Gasteiger partial charge is 0.232 e. The van der Waals surface area contributed by atoms with Crippen LogP contribution >= 0.6 is 0 Å². The second-order valence-corrected chi connectivity index (χ2v) is 9.21. The second-order valence-electron chi connectivity index (χ2n) is 7.20. The normalized spacial score (nSPS) is 11.6. The lowest BCUT2D eigenvalue weighted by Crippen LogP contribution is -2.14. The highest BCUT2D eigenvalue weighted by atomic mass is 32.2. The first-order chi connectivity index (χ1) is 16.2. The van der Waals surface area contributed by atoms with E-state index in [1.807, 2.05) is 6.92 Å². The van der Waals surface area contributed by atoms with Crippen molar-refractivity contribution in [3.05, 3.63) is 59.9 Å². The lowest BCUT2D eigenvalue weighted by Gasteiger charge is -2.15. The van der Waals surface area contributed by atoms with Crippen LogP contribution in [0.1, 0.15) is 19.7 Å². The van der Waals surface area contributed by atoms with Crippen LogP contribution in [0.5, 0.6) is 17.2 Å². The van der Waals surface area contributed by atoms with Gasteiger partial charge in [-0.25, -0.2) is 17.2 Å². The van der Waals surface area contributed by atoms with Gasteiger partial charge in [0, 0.05) is 23.4 Å². The van der Waals surface area contributed by atoms with Gasteiger partial charge < -0.3 is 9.47 Å². The SMILES string of the molecule is CCOc1cc(-c2cc(NS(=O)(=O)CC)ccc2Oc2ccc(F)cc2F)nn2c(C)nnc12. The van der Waals surface area contributed by atoms with Crippen LogP contribution in [0.25, 0.3) is 16.9 Å². The molecule has 0 aliphatic rings. The second kappa shape index (κ2) is 9.21. The molecule has 9 nitrogen and oxygen atoms in total. The summed E-state index contributed by atoms with van der Waals surface area (Å²) in [5.74, 6) is -0.930. The van der Waals surface area contributed by atoms with E-state index >= 15 is 0 Å². The van der Waals surface area contributed by atoms with Gasteiger partial charge in [0.05, 0.1) is 18.1 Å². The number of ether oxygens (including phenoxy) is 2. The number of halogens is 2. The van der Waals surface area contributed by atoms with Crippen molar-refractivity contribution in [3.63, 3.8) is 0 Å². The number of nitrogens with one attached hydrogen (secondary N) is 1. The minimum Gasteiger partial charge on any atom is -0.490 e. The fraction of sp³-hybridized carbons (Fsp3) is 0.227. The maximum absolute atomic E-state index is 14.3. The van der Waals surface area contributed by atoms with Crippen molar-refractivity contribution in [3.8, 4) is 28.5 Å². The van der Waals surface area contributed by atoms with Gasteiger partial charge in [-0.3, -0.25) is 4.72 Å². The molecule has 4 aromatic rings. The average molecular weight is 490 g/mol. The molecule has 0 saturated carbocycles. The number of nitrogens with zero attached hydrogens (tertiary/aromatic N) is 4. The number of anilines is 1. The molecule has 34 heavy (non-hydrogen) atoms. The largest absolute Gasteiger partial charge is 0.490 e. The van der Waals surface area contributed by atoms with E-state index in [-0.39, 0.29) is 22.9 Å². The van der Waals surface area contributed by atoms with Crippen molar-refractivity contribution in [2.75, 3.05) is 17.1 Å². The molecule has 0 saturated heterocycles. The molecule has 0 bridgehead atoms. The van der Waals surface area contributed by atoms with Crippen molar-refractivity contribution in [1.82, 2.24) is 19.8 Å². The molecule has 0 radical (unpaired) electrons. The van der Waals surface area contributed by atoms with Crippen molar-refractivity contribution in [2.24, 2.45) is 0 Å². The number of fused-ring (bicyclic) bond motifs is 1. The van der Waals surface area contributed by atoms with Crippen LogP contribution in [-0.4, -0.2) is 40.6 Å². The molecule has 0 fully saturated rings. The zero-order chi connectivity index (χ0) is 24.5. The van der Waals surface area contributed by atoms with Gasteiger partial charge in [0.25, 0.3) is 0 Å². The minimum absolute atomic E-state index is 0.125. The summed E-state index contributed by atoms with van der Waals surface area (Å²) in [4.78, 5) is 0. The predicted octanol–water partition coefficient (Wildman–Crippen LogP) is 4.33. The van der Waals surface area contributed by atoms with E-state index in [9.17, 15) is 17.2 Å². The van der Waals surface area contributed by atoms with E-state index < -0.39 is 21.7 Å². The highest BCUT2D eigenvalue weighted by Gasteiger charge is 2.19. The first-order valence-electron chi connectivity index (χ1n) is 10.3. The number of sulfonamides is 1. The number of aryl methyl sites for hydroxylation is 1. The lowest BCUT2D eigenvalue weighted by atomic mass is 10.1. The highest BCUT2D eigenvalue weighted by Crippen LogP contribution is 2.37. The molecule has 0 amide bonds. The van der Waals surface area contributed by atoms with Crippen LogP contribution in [0, 0.1) is 18.6 Å². The first kappa shape index (κ1) is 23.4. The molecule has 178 valence electrons. The van der Waals surface area contributed by atoms with Crippen LogP contribution in [-0.2, 0) is 10.0 Å². The number of benzene rings is 2. The van der Waals surface area contributed by atoms with Crippen LogP contribution in [0.4, 0.5) is 14.5 Å². The Bertz CT molecular complexity index is 1470. The third-order valence-electron chi connectivity index (χ3n) is 4.82. The van der Waals surface area contributed by atoms with E-state index in [4.69, 9.17) is 9.47 Å². The van der Waals surface area contributed by atoms with Crippen molar-refractivity contribution in [2.45, 2.75) is 20.8 Å². The summed E-state index contributed by atoms with van der Waals surface area (Å²) in [6.45, 7) is 5.39. The predicted molar refractivity (Wildman–Crippen MR) is 122 cm³/mol. The van der Waals surface area contributed by atoms with Gasteiger partial charge in [0.2, 0.25) is 15.7 Å². The summed E-state index contributed by atoms with van der Waals surface area (Å²) in [7, 11) is -3.57. The zero-order valence-electron chi connectivity index (χ0n) is 18.5. The third-order valence-corrected chi connectivity index (χ3v) is 6.12. The Morgan fingerprint density at radius 2 is 1.76 bits per heavy atom. The molecule has 0 atom stereocenters. The topological polar surface area (TPSA) is 108 Å². The number of rotatable bonds is 8. The zero-order valence-corrected chi connectivity index (χ0v) is 19.4. The summed E-state index contributed by atoms with van der Waals surface area (Å²) in [5.41, 5.74) is 1.31. The molecule has 2 heterocycles. The van der Waals surface area contributed by atoms with Gasteiger partial charge in [-0.15, -0.1) is 10.2 Å². The fourth-order valence-corrected chi connectivity index (χ4v) is 3.79. The van der Waals surface area contributed by atoms with Crippen molar-refractivity contribution < 1.29 is 26.7 Å². The van der Waals surface area contributed by atoms with Crippen molar-refractivity contribution in [1.29, 1.82) is 0 Å². The highest BCUT2D eigenvalue weighted by molar-refractivity contribution is 7.92. The Hall–Kier alpha value is -3.80. The van der Waals surface area contributed by atoms with Crippen molar-refractivity contribution >= 4 is 21.4 Å². The van der Waals surface area contributed by atoms with Crippen LogP contribution in [0.3, 0.4) is 0 Å². The lowest BCUT2D eigenvalue weighted by molar-refractivity contribution is 0.341. The van der Waals surface area contributed by atoms with E-state index in [0.29, 0.717) is 41.2 Å². The minimum atomic E-state index is -3.57. The molecular formula is C22H21F2N5O4S. The van der Waals surface area contributed by atoms with Gasteiger partial charge in [0.1, 0.15) is 11.6 Å². The van der Waals surface area contributed by atoms with E-state index in [2.05, 4.69) is 20.0 Å². The fourth-order valence-electron chi connectivity index (χ4n) is 3.16. The molecule has 0 unspecified atom stereocenters. The molecule has 4 rings (SSSR count). The Morgan fingerprint density at radius 3 is 2.47 bits per heavy atom. The Kier molecular flexibility index (Phi) is 6.33. The third kappa shape index (κ3) is 4.76. The summed E-state index contributed by atoms with van der Waals surface area (Å²) in [6.07, 6.45) is 0. The first-order valence-corrected chi connectivity index (χ1v) is 12.0. The molecular weight excluding hydrogens is 468 g/mol. The maximum Gasteiger partial charge on any atom is 0.232 e. The van der Waals surface area contributed by atoms with E-state index in [1.165, 1.54) is 29.6 Å². The Balaban J connectivity index is 1.89. The number of aromatic nitrogens is 4. The van der Waals surface area contributed by atoms with Gasteiger partial charge in [-0.2, -0.15) is 9.61 Å². The maximum atomic E-state index is 14.3. The Labute approximate surface area is 194 Å². The molecule has 0 aliphatic heterocycles. The van der Waals surface area contributed by atoms with Gasteiger partial charge in [-0.1, -0.05) is 0 Å².